The molecule has 18 aromatic rings. The van der Waals surface area contributed by atoms with Crippen molar-refractivity contribution in [1.82, 2.24) is 0 Å². The molecule has 0 N–H and O–H groups in total. The molecule has 5 aliphatic carbocycles. The highest BCUT2D eigenvalue weighted by atomic mass is 14.9. The zero-order chi connectivity index (χ0) is 87.0. The maximum absolute atomic E-state index is 9.42. The number of nitrogens with zero attached hydrogens (tertiary/aromatic N) is 4. The van der Waals surface area contributed by atoms with Crippen LogP contribution in [0.4, 0.5) is 0 Å². The topological polar surface area (TPSA) is 15.5 Å². The molecule has 0 aliphatic heterocycles. The van der Waals surface area contributed by atoms with Gasteiger partial charge in [0.1, 0.15) is 28.2 Å². The molecule has 5 aliphatic rings. The van der Waals surface area contributed by atoms with Crippen LogP contribution in [0.3, 0.4) is 0 Å². The van der Waals surface area contributed by atoms with Crippen LogP contribution in [0.15, 0.2) is 243 Å². The summed E-state index contributed by atoms with van der Waals surface area (Å²) in [6.45, 7) is 21.1. The Balaban J connectivity index is 0.000000105. The minimum absolute atomic E-state index is 0.107. The lowest BCUT2D eigenvalue weighted by Gasteiger charge is -2.48. The highest BCUT2D eigenvalue weighted by Gasteiger charge is 2.52. The number of aromatic nitrogens is 4. The van der Waals surface area contributed by atoms with Crippen molar-refractivity contribution in [3.63, 3.8) is 0 Å². The van der Waals surface area contributed by atoms with E-state index in [1.807, 2.05) is 56.1 Å². The first-order valence-electron chi connectivity index (χ1n) is 45.4. The zero-order valence-electron chi connectivity index (χ0n) is 77.7. The molecule has 116 heavy (non-hydrogen) atoms. The second-order valence-electron chi connectivity index (χ2n) is 36.0. The Morgan fingerprint density at radius 3 is 1.21 bits per heavy atom. The van der Waals surface area contributed by atoms with Gasteiger partial charge < -0.3 is 0 Å². The van der Waals surface area contributed by atoms with Gasteiger partial charge >= 0.3 is 0 Å². The second kappa shape index (κ2) is 26.5. The van der Waals surface area contributed by atoms with Gasteiger partial charge in [0.25, 0.3) is 0 Å². The summed E-state index contributed by atoms with van der Waals surface area (Å²) in [7, 11) is 8.23. The van der Waals surface area contributed by atoms with Crippen molar-refractivity contribution in [2.24, 2.45) is 33.6 Å². The van der Waals surface area contributed by atoms with E-state index in [9.17, 15) is 2.74 Å². The van der Waals surface area contributed by atoms with Gasteiger partial charge in [0.15, 0.2) is 24.8 Å². The van der Waals surface area contributed by atoms with E-state index < -0.39 is 30.9 Å². The number of aryl methyl sites for hydroxylation is 10. The van der Waals surface area contributed by atoms with E-state index in [4.69, 9.17) is 8.22 Å². The first kappa shape index (κ1) is 64.3. The highest BCUT2D eigenvalue weighted by molar-refractivity contribution is 6.28. The van der Waals surface area contributed by atoms with Crippen molar-refractivity contribution in [1.29, 1.82) is 0 Å². The number of hydrogen-bond acceptors (Lipinski definition) is 0. The maximum Gasteiger partial charge on any atom is 0.221 e. The number of fused-ring (bicyclic) bond motifs is 33. The minimum Gasteiger partial charge on any atom is -0.200 e. The van der Waals surface area contributed by atoms with Gasteiger partial charge in [0, 0.05) is 45.2 Å². The predicted molar refractivity (Wildman–Crippen MR) is 489 cm³/mol. The van der Waals surface area contributed by atoms with Crippen LogP contribution in [0.5, 0.6) is 0 Å². The molecule has 0 bridgehead atoms. The quantitative estimate of drug-likeness (QED) is 0.115. The van der Waals surface area contributed by atoms with Crippen LogP contribution in [0.2, 0.25) is 0 Å². The fourth-order valence-electron chi connectivity index (χ4n) is 21.9. The fraction of sp³-hybridized carbons (Fsp3) is 0.232. The average molecular weight is 1510 g/mol. The van der Waals surface area contributed by atoms with Crippen LogP contribution in [-0.2, 0) is 71.1 Å². The first-order chi connectivity index (χ1) is 59.0. The Morgan fingerprint density at radius 1 is 0.336 bits per heavy atom. The molecule has 568 valence electrons. The van der Waals surface area contributed by atoms with Gasteiger partial charge in [0.2, 0.25) is 22.2 Å². The van der Waals surface area contributed by atoms with Gasteiger partial charge in [-0.3, -0.25) is 0 Å². The third kappa shape index (κ3) is 10.8. The van der Waals surface area contributed by atoms with Gasteiger partial charge in [-0.15, -0.1) is 0 Å². The Kier molecular flexibility index (Phi) is 14.7. The van der Waals surface area contributed by atoms with Crippen LogP contribution in [-0.4, -0.2) is 0 Å². The molecule has 0 saturated heterocycles. The number of pyridine rings is 4. The molecule has 0 radical (unpaired) electrons. The molecule has 0 amide bonds. The van der Waals surface area contributed by atoms with E-state index in [2.05, 4.69) is 304 Å². The lowest BCUT2D eigenvalue weighted by atomic mass is 9.54. The Labute approximate surface area is 694 Å². The number of benzene rings is 14. The summed E-state index contributed by atoms with van der Waals surface area (Å²) < 4.78 is 76.7. The fourth-order valence-corrected chi connectivity index (χ4v) is 21.9. The molecule has 0 unspecified atom stereocenters. The van der Waals surface area contributed by atoms with Gasteiger partial charge in [0.05, 0.1) is 37.9 Å². The van der Waals surface area contributed by atoms with Crippen LogP contribution < -0.4 is 18.3 Å². The molecular weight excluding hydrogens is 1400 g/mol. The summed E-state index contributed by atoms with van der Waals surface area (Å²) in [4.78, 5) is 0. The molecule has 4 heteroatoms. The summed E-state index contributed by atoms with van der Waals surface area (Å²) >= 11 is 0. The standard InChI is InChI=1S/C32H40N.2C27H22N.C26H20N/c1-19-18-33(10)29-27-20(2)26-22(15-21-13-11-12-14-23(21)26)16-25(27)31(6,7)32(8,9)28(29)24(19)17-30(3,4)5;1-16-12-24-22-11-7-6-10-21(22)23-14-19-13-18-8-4-5-9-20(18)25(19)17(2)26(23)27(24)28(3)15-16;1-16-12-13-28(3)27-24(16)22-11-7-6-10-21(22)23-15-19-14-18-8-4-5-9-20(18)25(19)17(2)26(23)27;1-16-24-18(14-17-8-3-4-9-19(17)24)15-23-21-11-6-5-10-20(21)22-12-7-13-27(2)26(22)25(16)23/h11-14,16,18H,15,17H2,1-10H3;4-12,14-15H,13H2,1-3H3;4-13,15H,14H2,1-3H3;3-13,15H,14H2,1-2H3/q4*+1/i1D3,17D2;1D3;;. The molecule has 0 saturated carbocycles. The molecule has 4 aromatic heterocycles. The summed E-state index contributed by atoms with van der Waals surface area (Å²) in [6.07, 6.45) is 9.86. The molecule has 4 heterocycles. The monoisotopic (exact) mass is 1510 g/mol. The smallest absolute Gasteiger partial charge is 0.200 e. The molecular formula is C112H104N4+4. The van der Waals surface area contributed by atoms with Gasteiger partial charge in [-0.2, -0.15) is 0 Å². The lowest BCUT2D eigenvalue weighted by Crippen LogP contribution is -2.49. The zero-order valence-corrected chi connectivity index (χ0v) is 69.7. The SMILES string of the molecule is Cc1c2c(cc3c4ccccc4c4ccc[n+](C)c4c13)Cc1ccccc1-2.Cc1cc[n+](C)c2c1c1ccccc1c1cc3c(c(C)c12)-c1ccccc1C3.[2H]C([2H])([2H])c1c[n+](C)c2c(c1C([2H])([2H])C(C)(C)C)C(C)(C)C(C)(C)c1cc3c(c(C)c1-2)-c1ccccc1C3.[2H]C([2H])([2H])c1cc2c3ccccc3c3cc4c(c(C)c3c2[n+](C)c1)-c1ccccc1C4. The van der Waals surface area contributed by atoms with Crippen LogP contribution in [0.1, 0.15) is 160 Å². The second-order valence-corrected chi connectivity index (χ2v) is 36.0. The van der Waals surface area contributed by atoms with E-state index in [1.165, 1.54) is 203 Å². The Morgan fingerprint density at radius 2 is 0.733 bits per heavy atom. The average Bonchev–Trinajstić information content (AvgIpc) is 0.929. The lowest BCUT2D eigenvalue weighted by molar-refractivity contribution is -0.661. The van der Waals surface area contributed by atoms with Crippen molar-refractivity contribution in [2.45, 2.75) is 140 Å². The van der Waals surface area contributed by atoms with Gasteiger partial charge in [-0.25, -0.2) is 18.3 Å². The van der Waals surface area contributed by atoms with E-state index in [0.29, 0.717) is 11.1 Å². The summed E-state index contributed by atoms with van der Waals surface area (Å²) in [5.74, 6) is 0. The molecule has 4 nitrogen and oxygen atoms in total. The number of rotatable bonds is 1. The largest absolute Gasteiger partial charge is 0.221 e. The van der Waals surface area contributed by atoms with Crippen molar-refractivity contribution in [3.8, 4) is 55.8 Å². The molecule has 0 atom stereocenters. The maximum atomic E-state index is 9.42. The van der Waals surface area contributed by atoms with Crippen molar-refractivity contribution in [2.75, 3.05) is 0 Å². The predicted octanol–water partition coefficient (Wildman–Crippen LogP) is 25.7. The highest BCUT2D eigenvalue weighted by Crippen LogP contribution is 2.59. The van der Waals surface area contributed by atoms with Crippen molar-refractivity contribution >= 4 is 97.3 Å². The third-order valence-corrected chi connectivity index (χ3v) is 27.5. The van der Waals surface area contributed by atoms with Crippen molar-refractivity contribution in [3.05, 3.63) is 343 Å². The van der Waals surface area contributed by atoms with Crippen molar-refractivity contribution < 1.29 is 29.2 Å². The van der Waals surface area contributed by atoms with Crippen LogP contribution >= 0.6 is 0 Å². The summed E-state index contributed by atoms with van der Waals surface area (Å²) in [5.41, 5.74) is 35.7. The van der Waals surface area contributed by atoms with Gasteiger partial charge in [-0.1, -0.05) is 224 Å². The minimum atomic E-state index is -2.45. The molecule has 23 rings (SSSR count). The summed E-state index contributed by atoms with van der Waals surface area (Å²) in [6, 6.07) is 79.3. The van der Waals surface area contributed by atoms with Gasteiger partial charge in [-0.05, 0) is 298 Å². The van der Waals surface area contributed by atoms with E-state index in [-0.39, 0.29) is 11.0 Å². The normalized spacial score (nSPS) is 15.3. The van der Waals surface area contributed by atoms with E-state index in [0.717, 1.165) is 58.8 Å². The Bertz CT molecular complexity index is 7760. The third-order valence-electron chi connectivity index (χ3n) is 27.5. The molecule has 14 aromatic carbocycles. The van der Waals surface area contributed by atoms with E-state index >= 15 is 0 Å². The van der Waals surface area contributed by atoms with Crippen LogP contribution in [0, 0.1) is 53.7 Å². The van der Waals surface area contributed by atoms with Crippen LogP contribution in [0.25, 0.3) is 153 Å². The summed E-state index contributed by atoms with van der Waals surface area (Å²) in [5, 5.41) is 19.4. The Hall–Kier alpha value is -12.0. The molecule has 0 spiro atoms. The number of hydrogen-bond donors (Lipinski definition) is 0. The van der Waals surface area contributed by atoms with E-state index in [1.54, 1.807) is 12.4 Å². The first-order valence-corrected chi connectivity index (χ1v) is 41.4. The molecule has 0 fully saturated rings.